The van der Waals surface area contributed by atoms with Gasteiger partial charge in [-0.25, -0.2) is 9.78 Å². The second-order valence-electron chi connectivity index (χ2n) is 7.74. The van der Waals surface area contributed by atoms with Crippen LogP contribution in [-0.2, 0) is 16.1 Å². The van der Waals surface area contributed by atoms with E-state index in [-0.39, 0.29) is 12.5 Å². The van der Waals surface area contributed by atoms with Crippen LogP contribution in [0.25, 0.3) is 11.3 Å². The van der Waals surface area contributed by atoms with Crippen molar-refractivity contribution in [3.63, 3.8) is 0 Å². The van der Waals surface area contributed by atoms with Gasteiger partial charge in [-0.2, -0.15) is 0 Å². The topological polar surface area (TPSA) is 71.5 Å². The molecule has 4 rings (SSSR count). The van der Waals surface area contributed by atoms with E-state index in [1.165, 1.54) is 21.8 Å². The molecule has 0 radical (unpaired) electrons. The highest BCUT2D eigenvalue weighted by molar-refractivity contribution is 7.14. The van der Waals surface area contributed by atoms with Gasteiger partial charge in [0.2, 0.25) is 5.91 Å². The van der Waals surface area contributed by atoms with Crippen LogP contribution in [0.3, 0.4) is 0 Å². The molecule has 1 atom stereocenters. The first-order valence-corrected chi connectivity index (χ1v) is 11.2. The summed E-state index contributed by atoms with van der Waals surface area (Å²) in [5, 5.41) is 5.35. The molecule has 1 aliphatic heterocycles. The number of hydrogen-bond donors (Lipinski definition) is 1. The zero-order chi connectivity index (χ0) is 21.8. The van der Waals surface area contributed by atoms with Crippen LogP contribution in [0.1, 0.15) is 29.5 Å². The van der Waals surface area contributed by atoms with Crippen LogP contribution in [-0.4, -0.2) is 34.5 Å². The van der Waals surface area contributed by atoms with Crippen LogP contribution in [0.15, 0.2) is 53.9 Å². The van der Waals surface area contributed by atoms with Crippen LogP contribution in [0.2, 0.25) is 0 Å². The SMILES string of the molecule is Cc1ccc(-c2csc(NC(=O)C3CCCN3C(=O)OCc3ccccc3)n2)c(C)c1. The Kier molecular flexibility index (Phi) is 6.32. The molecule has 7 heteroatoms. The highest BCUT2D eigenvalue weighted by atomic mass is 32.1. The summed E-state index contributed by atoms with van der Waals surface area (Å²) >= 11 is 1.38. The van der Waals surface area contributed by atoms with Gasteiger partial charge in [0, 0.05) is 17.5 Å². The Bertz CT molecular complexity index is 1080. The molecule has 0 spiro atoms. The minimum atomic E-state index is -0.545. The molecule has 1 aromatic heterocycles. The monoisotopic (exact) mass is 435 g/mol. The molecule has 31 heavy (non-hydrogen) atoms. The summed E-state index contributed by atoms with van der Waals surface area (Å²) in [7, 11) is 0. The quantitative estimate of drug-likeness (QED) is 0.600. The zero-order valence-electron chi connectivity index (χ0n) is 17.6. The second-order valence-corrected chi connectivity index (χ2v) is 8.60. The number of anilines is 1. The van der Waals surface area contributed by atoms with Crippen molar-refractivity contribution in [2.75, 3.05) is 11.9 Å². The van der Waals surface area contributed by atoms with Crippen LogP contribution in [0, 0.1) is 13.8 Å². The van der Waals surface area contributed by atoms with Crippen molar-refractivity contribution in [3.8, 4) is 11.3 Å². The lowest BCUT2D eigenvalue weighted by molar-refractivity contribution is -0.120. The molecule has 1 saturated heterocycles. The van der Waals surface area contributed by atoms with E-state index in [2.05, 4.69) is 36.3 Å². The number of carbonyl (C=O) groups excluding carboxylic acids is 2. The second kappa shape index (κ2) is 9.31. The molecule has 160 valence electrons. The fourth-order valence-electron chi connectivity index (χ4n) is 3.80. The molecule has 3 aromatic rings. The Balaban J connectivity index is 1.38. The predicted molar refractivity (Wildman–Crippen MR) is 122 cm³/mol. The maximum absolute atomic E-state index is 12.9. The predicted octanol–water partition coefficient (Wildman–Crippen LogP) is 5.17. The average molecular weight is 436 g/mol. The van der Waals surface area contributed by atoms with Gasteiger partial charge < -0.3 is 10.1 Å². The van der Waals surface area contributed by atoms with Crippen molar-refractivity contribution in [3.05, 3.63) is 70.6 Å². The van der Waals surface area contributed by atoms with Crippen molar-refractivity contribution >= 4 is 28.5 Å². The van der Waals surface area contributed by atoms with E-state index in [0.717, 1.165) is 28.8 Å². The fourth-order valence-corrected chi connectivity index (χ4v) is 4.52. The summed E-state index contributed by atoms with van der Waals surface area (Å²) in [5.41, 5.74) is 5.15. The molecule has 1 aliphatic rings. The lowest BCUT2D eigenvalue weighted by atomic mass is 10.0. The highest BCUT2D eigenvalue weighted by Gasteiger charge is 2.35. The van der Waals surface area contributed by atoms with E-state index >= 15 is 0 Å². The van der Waals surface area contributed by atoms with Gasteiger partial charge in [-0.1, -0.05) is 54.1 Å². The molecule has 2 heterocycles. The van der Waals surface area contributed by atoms with E-state index in [9.17, 15) is 9.59 Å². The number of nitrogens with one attached hydrogen (secondary N) is 1. The Labute approximate surface area is 185 Å². The Morgan fingerprint density at radius 1 is 1.19 bits per heavy atom. The summed E-state index contributed by atoms with van der Waals surface area (Å²) < 4.78 is 5.42. The number of nitrogens with zero attached hydrogens (tertiary/aromatic N) is 2. The third-order valence-electron chi connectivity index (χ3n) is 5.39. The van der Waals surface area contributed by atoms with Crippen molar-refractivity contribution in [2.24, 2.45) is 0 Å². The molecule has 1 unspecified atom stereocenters. The summed E-state index contributed by atoms with van der Waals surface area (Å²) in [6.45, 7) is 4.81. The molecule has 1 N–H and O–H groups in total. The molecule has 0 bridgehead atoms. The Morgan fingerprint density at radius 3 is 2.77 bits per heavy atom. The average Bonchev–Trinajstić information content (AvgIpc) is 3.43. The maximum atomic E-state index is 12.9. The van der Waals surface area contributed by atoms with Crippen LogP contribution in [0.5, 0.6) is 0 Å². The third-order valence-corrected chi connectivity index (χ3v) is 6.14. The number of aryl methyl sites for hydroxylation is 2. The van der Waals surface area contributed by atoms with Crippen molar-refractivity contribution in [1.29, 1.82) is 0 Å². The molecular weight excluding hydrogens is 410 g/mol. The number of amides is 2. The van der Waals surface area contributed by atoms with Crippen LogP contribution < -0.4 is 5.32 Å². The van der Waals surface area contributed by atoms with E-state index < -0.39 is 12.1 Å². The zero-order valence-corrected chi connectivity index (χ0v) is 18.4. The maximum Gasteiger partial charge on any atom is 0.410 e. The lowest BCUT2D eigenvalue weighted by Crippen LogP contribution is -2.43. The summed E-state index contributed by atoms with van der Waals surface area (Å²) in [6, 6.07) is 15.2. The van der Waals surface area contributed by atoms with Gasteiger partial charge in [0.15, 0.2) is 5.13 Å². The van der Waals surface area contributed by atoms with E-state index in [1.54, 1.807) is 0 Å². The van der Waals surface area contributed by atoms with Crippen molar-refractivity contribution in [1.82, 2.24) is 9.88 Å². The molecular formula is C24H25N3O3S. The molecule has 2 aromatic carbocycles. The standard InChI is InChI=1S/C24H25N3O3S/c1-16-10-11-19(17(2)13-16)20-15-31-23(25-20)26-22(28)21-9-6-12-27(21)24(29)30-14-18-7-4-3-5-8-18/h3-5,7-8,10-11,13,15,21H,6,9,12,14H2,1-2H3,(H,25,26,28). The van der Waals surface area contributed by atoms with E-state index in [4.69, 9.17) is 4.74 Å². The van der Waals surface area contributed by atoms with E-state index in [1.807, 2.05) is 41.8 Å². The van der Waals surface area contributed by atoms with Gasteiger partial charge in [-0.05, 0) is 37.8 Å². The van der Waals surface area contributed by atoms with Gasteiger partial charge in [-0.15, -0.1) is 11.3 Å². The number of likely N-dealkylation sites (tertiary alicyclic amines) is 1. The normalized spacial score (nSPS) is 15.7. The number of thiazole rings is 1. The Morgan fingerprint density at radius 2 is 2.00 bits per heavy atom. The number of aromatic nitrogens is 1. The number of hydrogen-bond acceptors (Lipinski definition) is 5. The lowest BCUT2D eigenvalue weighted by Gasteiger charge is -2.22. The van der Waals surface area contributed by atoms with E-state index in [0.29, 0.717) is 18.1 Å². The van der Waals surface area contributed by atoms with Gasteiger partial charge in [0.1, 0.15) is 12.6 Å². The number of ether oxygens (including phenoxy) is 1. The summed E-state index contributed by atoms with van der Waals surface area (Å²) in [6.07, 6.45) is 0.919. The molecule has 6 nitrogen and oxygen atoms in total. The summed E-state index contributed by atoms with van der Waals surface area (Å²) in [5.74, 6) is -0.226. The third kappa shape index (κ3) is 4.94. The van der Waals surface area contributed by atoms with Gasteiger partial charge in [0.05, 0.1) is 5.69 Å². The summed E-state index contributed by atoms with van der Waals surface area (Å²) in [4.78, 5) is 31.5. The van der Waals surface area contributed by atoms with Crippen LogP contribution >= 0.6 is 11.3 Å². The molecule has 1 fully saturated rings. The first-order valence-electron chi connectivity index (χ1n) is 10.3. The number of rotatable bonds is 5. The molecule has 0 saturated carbocycles. The van der Waals surface area contributed by atoms with Gasteiger partial charge in [-0.3, -0.25) is 9.69 Å². The van der Waals surface area contributed by atoms with Gasteiger partial charge >= 0.3 is 6.09 Å². The first-order chi connectivity index (χ1) is 15.0. The molecule has 0 aliphatic carbocycles. The minimum Gasteiger partial charge on any atom is -0.445 e. The largest absolute Gasteiger partial charge is 0.445 e. The first kappa shape index (κ1) is 21.1. The van der Waals surface area contributed by atoms with Crippen molar-refractivity contribution < 1.29 is 14.3 Å². The fraction of sp³-hybridized carbons (Fsp3) is 0.292. The minimum absolute atomic E-state index is 0.191. The smallest absolute Gasteiger partial charge is 0.410 e. The van der Waals surface area contributed by atoms with Crippen molar-refractivity contribution in [2.45, 2.75) is 39.3 Å². The van der Waals surface area contributed by atoms with Crippen LogP contribution in [0.4, 0.5) is 9.93 Å². The molecule has 2 amide bonds. The Hall–Kier alpha value is -3.19. The number of benzene rings is 2. The number of carbonyl (C=O) groups is 2. The highest BCUT2D eigenvalue weighted by Crippen LogP contribution is 2.29. The van der Waals surface area contributed by atoms with Gasteiger partial charge in [0.25, 0.3) is 0 Å².